The van der Waals surface area contributed by atoms with E-state index in [-0.39, 0.29) is 16.6 Å². The average molecular weight is 468 g/mol. The number of carbonyl (C=O) groups excluding carboxylic acids is 1. The van der Waals surface area contributed by atoms with E-state index in [0.717, 1.165) is 16.1 Å². The van der Waals surface area contributed by atoms with Crippen LogP contribution < -0.4 is 14.4 Å². The predicted octanol–water partition coefficient (Wildman–Crippen LogP) is 1.91. The first kappa shape index (κ1) is 23.0. The van der Waals surface area contributed by atoms with E-state index >= 15 is 0 Å². The lowest BCUT2D eigenvalue weighted by atomic mass is 10.1. The van der Waals surface area contributed by atoms with Crippen molar-refractivity contribution in [1.82, 2.24) is 4.31 Å². The van der Waals surface area contributed by atoms with Crippen LogP contribution in [0.1, 0.15) is 22.8 Å². The number of nitrogens with one attached hydrogen (secondary N) is 1. The molecule has 1 aliphatic rings. The Morgan fingerprint density at radius 3 is 2.39 bits per heavy atom. The Kier molecular flexibility index (Phi) is 6.05. The summed E-state index contributed by atoms with van der Waals surface area (Å²) in [6, 6.07) is 8.78. The van der Waals surface area contributed by atoms with Crippen LogP contribution in [0.3, 0.4) is 0 Å². The highest BCUT2D eigenvalue weighted by Gasteiger charge is 2.33. The number of anilines is 2. The molecule has 31 heavy (non-hydrogen) atoms. The predicted molar refractivity (Wildman–Crippen MR) is 119 cm³/mol. The summed E-state index contributed by atoms with van der Waals surface area (Å²) in [6.07, 6.45) is 1.64. The molecule has 0 radical (unpaired) electrons. The van der Waals surface area contributed by atoms with Crippen LogP contribution in [0, 0.1) is 0 Å². The maximum Gasteiger partial charge on any atom is 0.255 e. The van der Waals surface area contributed by atoms with Crippen LogP contribution in [-0.4, -0.2) is 60.6 Å². The highest BCUT2D eigenvalue weighted by molar-refractivity contribution is 7.92. The first-order valence-electron chi connectivity index (χ1n) is 9.40. The maximum absolute atomic E-state index is 12.9. The summed E-state index contributed by atoms with van der Waals surface area (Å²) >= 11 is 0. The van der Waals surface area contributed by atoms with Crippen LogP contribution in [0.25, 0.3) is 0 Å². The molecule has 1 atom stereocenters. The molecule has 1 heterocycles. The van der Waals surface area contributed by atoms with Gasteiger partial charge in [0.1, 0.15) is 5.75 Å². The fourth-order valence-electron chi connectivity index (χ4n) is 3.60. The zero-order valence-corrected chi connectivity index (χ0v) is 19.5. The van der Waals surface area contributed by atoms with E-state index in [4.69, 9.17) is 4.74 Å². The number of ether oxygens (including phenoxy) is 1. The first-order chi connectivity index (χ1) is 14.4. The first-order valence-corrected chi connectivity index (χ1v) is 12.7. The van der Waals surface area contributed by atoms with Crippen LogP contribution in [0.5, 0.6) is 5.75 Å². The van der Waals surface area contributed by atoms with Gasteiger partial charge in [-0.1, -0.05) is 0 Å². The zero-order chi connectivity index (χ0) is 23.1. The molecular weight excluding hydrogens is 442 g/mol. The van der Waals surface area contributed by atoms with Crippen LogP contribution in [0.15, 0.2) is 41.3 Å². The highest BCUT2D eigenvalue weighted by atomic mass is 32.2. The molecule has 1 N–H and O–H groups in total. The average Bonchev–Trinajstić information content (AvgIpc) is 3.02. The molecule has 9 nitrogen and oxygen atoms in total. The third-order valence-electron chi connectivity index (χ3n) is 5.05. The molecule has 0 aliphatic carbocycles. The number of methoxy groups -OCH3 is 1. The second-order valence-electron chi connectivity index (χ2n) is 7.56. The van der Waals surface area contributed by atoms with E-state index in [1.165, 1.54) is 49.8 Å². The fourth-order valence-corrected chi connectivity index (χ4v) is 5.79. The number of hydrogen-bond donors (Lipinski definition) is 1. The molecule has 168 valence electrons. The summed E-state index contributed by atoms with van der Waals surface area (Å²) in [7, 11) is -2.86. The van der Waals surface area contributed by atoms with Crippen molar-refractivity contribution < 1.29 is 26.4 Å². The maximum atomic E-state index is 12.9. The molecular formula is C20H25N3O6S2. The molecule has 0 saturated carbocycles. The third kappa shape index (κ3) is 4.39. The van der Waals surface area contributed by atoms with Crippen molar-refractivity contribution in [2.24, 2.45) is 0 Å². The van der Waals surface area contributed by atoms with Gasteiger partial charge in [-0.25, -0.2) is 21.1 Å². The van der Waals surface area contributed by atoms with Gasteiger partial charge in [0.05, 0.1) is 29.6 Å². The highest BCUT2D eigenvalue weighted by Crippen LogP contribution is 2.35. The van der Waals surface area contributed by atoms with Gasteiger partial charge in [0.2, 0.25) is 20.0 Å². The number of rotatable bonds is 6. The minimum atomic E-state index is -3.70. The molecule has 3 rings (SSSR count). The van der Waals surface area contributed by atoms with Crippen molar-refractivity contribution in [3.8, 4) is 5.75 Å². The van der Waals surface area contributed by atoms with Gasteiger partial charge >= 0.3 is 0 Å². The molecule has 2 aromatic rings. The van der Waals surface area contributed by atoms with E-state index in [1.54, 1.807) is 12.1 Å². The molecule has 2 aromatic carbocycles. The Balaban J connectivity index is 1.94. The minimum Gasteiger partial charge on any atom is -0.495 e. The molecule has 1 amide bonds. The fraction of sp³-hybridized carbons (Fsp3) is 0.350. The van der Waals surface area contributed by atoms with E-state index in [9.17, 15) is 21.6 Å². The molecule has 11 heteroatoms. The summed E-state index contributed by atoms with van der Waals surface area (Å²) in [4.78, 5) is 12.9. The number of sulfonamides is 2. The van der Waals surface area contributed by atoms with E-state index in [1.807, 2.05) is 6.92 Å². The molecule has 0 spiro atoms. The van der Waals surface area contributed by atoms with Crippen molar-refractivity contribution >= 4 is 37.3 Å². The van der Waals surface area contributed by atoms with Crippen molar-refractivity contribution in [2.75, 3.05) is 37.1 Å². The summed E-state index contributed by atoms with van der Waals surface area (Å²) in [5.41, 5.74) is 1.84. The van der Waals surface area contributed by atoms with Crippen molar-refractivity contribution in [3.63, 3.8) is 0 Å². The summed E-state index contributed by atoms with van der Waals surface area (Å²) < 4.78 is 56.7. The minimum absolute atomic E-state index is 0.0140. The van der Waals surface area contributed by atoms with Crippen LogP contribution in [-0.2, 0) is 26.5 Å². The molecule has 0 unspecified atom stereocenters. The van der Waals surface area contributed by atoms with Gasteiger partial charge < -0.3 is 10.1 Å². The van der Waals surface area contributed by atoms with Gasteiger partial charge in [-0.05, 0) is 55.3 Å². The largest absolute Gasteiger partial charge is 0.495 e. The number of hydrogen-bond acceptors (Lipinski definition) is 6. The molecule has 0 bridgehead atoms. The lowest BCUT2D eigenvalue weighted by molar-refractivity contribution is 0.102. The Labute approximate surface area is 182 Å². The summed E-state index contributed by atoms with van der Waals surface area (Å²) in [5.74, 6) is -0.157. The Bertz CT molecular complexity index is 1240. The second kappa shape index (κ2) is 8.13. The number of benzene rings is 2. The quantitative estimate of drug-likeness (QED) is 0.694. The Hall–Kier alpha value is -2.63. The zero-order valence-electron chi connectivity index (χ0n) is 17.9. The summed E-state index contributed by atoms with van der Waals surface area (Å²) in [6.45, 7) is 1.81. The van der Waals surface area contributed by atoms with E-state index < -0.39 is 26.0 Å². The lowest BCUT2D eigenvalue weighted by Gasteiger charge is -2.22. The van der Waals surface area contributed by atoms with Gasteiger partial charge in [0, 0.05) is 25.7 Å². The normalized spacial score (nSPS) is 16.3. The smallest absolute Gasteiger partial charge is 0.255 e. The SMILES string of the molecule is COc1ccc(S(=O)(=O)N(C)C)cc1NC(=O)c1ccc2c(c1)C[C@@H](C)N2S(C)(=O)=O. The van der Waals surface area contributed by atoms with Gasteiger partial charge in [-0.2, -0.15) is 0 Å². The van der Waals surface area contributed by atoms with Gasteiger partial charge in [0.15, 0.2) is 0 Å². The number of nitrogens with zero attached hydrogens (tertiary/aromatic N) is 2. The number of carbonyl (C=O) groups is 1. The van der Waals surface area contributed by atoms with E-state index in [2.05, 4.69) is 5.32 Å². The lowest BCUT2D eigenvalue weighted by Crippen LogP contribution is -2.34. The van der Waals surface area contributed by atoms with Crippen LogP contribution in [0.2, 0.25) is 0 Å². The van der Waals surface area contributed by atoms with Gasteiger partial charge in [-0.3, -0.25) is 9.10 Å². The van der Waals surface area contributed by atoms with E-state index in [0.29, 0.717) is 23.4 Å². The van der Waals surface area contributed by atoms with Crippen molar-refractivity contribution in [1.29, 1.82) is 0 Å². The van der Waals surface area contributed by atoms with Crippen molar-refractivity contribution in [2.45, 2.75) is 24.3 Å². The number of amides is 1. The topological polar surface area (TPSA) is 113 Å². The van der Waals surface area contributed by atoms with Crippen LogP contribution in [0.4, 0.5) is 11.4 Å². The third-order valence-corrected chi connectivity index (χ3v) is 8.13. The molecule has 0 saturated heterocycles. The Morgan fingerprint density at radius 1 is 1.13 bits per heavy atom. The van der Waals surface area contributed by atoms with Gasteiger partial charge in [-0.15, -0.1) is 0 Å². The van der Waals surface area contributed by atoms with Crippen LogP contribution >= 0.6 is 0 Å². The van der Waals surface area contributed by atoms with Crippen molar-refractivity contribution in [3.05, 3.63) is 47.5 Å². The van der Waals surface area contributed by atoms with Gasteiger partial charge in [0.25, 0.3) is 5.91 Å². The summed E-state index contributed by atoms with van der Waals surface area (Å²) in [5, 5.41) is 2.69. The standard InChI is InChI=1S/C20H25N3O6S2/c1-13-10-15-11-14(6-8-18(15)23(13)30(5,25)26)20(24)21-17-12-16(7-9-19(17)29-4)31(27,28)22(2)3/h6-9,11-13H,10H2,1-5H3,(H,21,24)/t13-/m1/s1. The Morgan fingerprint density at radius 2 is 1.81 bits per heavy atom. The number of fused-ring (bicyclic) bond motifs is 1. The molecule has 1 aliphatic heterocycles. The monoisotopic (exact) mass is 467 g/mol. The molecule has 0 fully saturated rings. The molecule has 0 aromatic heterocycles. The second-order valence-corrected chi connectivity index (χ2v) is 11.6.